The standard InChI is InChI=1S/C17H24N4/c1-18-16-9-11-20(13-16)17-7-10-19-21(14-17)12-8-15-5-3-2-4-6-15/h2-7,10,14,16,18-19H,8-9,11-13H2,1H3/t16-/m1/s1. The van der Waals surface area contributed by atoms with Gasteiger partial charge in [0.25, 0.3) is 0 Å². The molecule has 4 heteroatoms. The van der Waals surface area contributed by atoms with E-state index in [1.54, 1.807) is 0 Å². The molecule has 1 saturated heterocycles. The lowest BCUT2D eigenvalue weighted by molar-refractivity contribution is 0.295. The minimum absolute atomic E-state index is 0.618. The third-order valence-electron chi connectivity index (χ3n) is 4.23. The molecular weight excluding hydrogens is 260 g/mol. The second kappa shape index (κ2) is 6.68. The number of nitrogens with one attached hydrogen (secondary N) is 2. The number of likely N-dealkylation sites (tertiary alicyclic amines) is 1. The van der Waals surface area contributed by atoms with Crippen molar-refractivity contribution >= 4 is 0 Å². The number of benzene rings is 1. The van der Waals surface area contributed by atoms with Gasteiger partial charge in [0.05, 0.1) is 5.70 Å². The molecule has 2 N–H and O–H groups in total. The molecule has 3 rings (SSSR count). The average Bonchev–Trinajstić information content (AvgIpc) is 3.03. The number of allylic oxidation sites excluding steroid dienone is 1. The topological polar surface area (TPSA) is 30.5 Å². The van der Waals surface area contributed by atoms with Gasteiger partial charge in [-0.2, -0.15) is 0 Å². The maximum atomic E-state index is 3.37. The van der Waals surface area contributed by atoms with Crippen molar-refractivity contribution in [2.24, 2.45) is 0 Å². The first-order chi connectivity index (χ1) is 10.3. The van der Waals surface area contributed by atoms with Crippen LogP contribution in [0, 0.1) is 0 Å². The smallest absolute Gasteiger partial charge is 0.0563 e. The number of rotatable bonds is 5. The maximum Gasteiger partial charge on any atom is 0.0563 e. The van der Waals surface area contributed by atoms with Crippen LogP contribution in [-0.2, 0) is 6.42 Å². The summed E-state index contributed by atoms with van der Waals surface area (Å²) < 4.78 is 0. The normalized spacial score (nSPS) is 21.4. The van der Waals surface area contributed by atoms with Crippen molar-refractivity contribution in [2.45, 2.75) is 18.9 Å². The van der Waals surface area contributed by atoms with Gasteiger partial charge < -0.3 is 15.6 Å². The Morgan fingerprint density at radius 2 is 2.14 bits per heavy atom. The lowest BCUT2D eigenvalue weighted by Gasteiger charge is -2.29. The second-order valence-electron chi connectivity index (χ2n) is 5.67. The summed E-state index contributed by atoms with van der Waals surface area (Å²) in [6.07, 6.45) is 8.69. The molecule has 2 heterocycles. The first kappa shape index (κ1) is 14.0. The first-order valence-corrected chi connectivity index (χ1v) is 7.72. The molecule has 0 bridgehead atoms. The molecule has 2 aliphatic heterocycles. The number of hydrazine groups is 1. The maximum absolute atomic E-state index is 3.37. The van der Waals surface area contributed by atoms with Crippen LogP contribution < -0.4 is 10.7 Å². The van der Waals surface area contributed by atoms with Crippen LogP contribution in [0.5, 0.6) is 0 Å². The third-order valence-corrected chi connectivity index (χ3v) is 4.23. The van der Waals surface area contributed by atoms with Crippen LogP contribution in [0.15, 0.2) is 54.5 Å². The molecule has 1 aromatic rings. The lowest BCUT2D eigenvalue weighted by Crippen LogP contribution is -2.36. The highest BCUT2D eigenvalue weighted by Gasteiger charge is 2.22. The summed E-state index contributed by atoms with van der Waals surface area (Å²) >= 11 is 0. The summed E-state index contributed by atoms with van der Waals surface area (Å²) in [6, 6.07) is 11.2. The van der Waals surface area contributed by atoms with Gasteiger partial charge in [-0.3, -0.25) is 5.01 Å². The molecule has 0 amide bonds. The highest BCUT2D eigenvalue weighted by atomic mass is 15.5. The van der Waals surface area contributed by atoms with Gasteiger partial charge in [0.2, 0.25) is 0 Å². The van der Waals surface area contributed by atoms with Gasteiger partial charge in [0.1, 0.15) is 0 Å². The zero-order valence-electron chi connectivity index (χ0n) is 12.6. The summed E-state index contributed by atoms with van der Waals surface area (Å²) in [5.41, 5.74) is 5.98. The Bertz CT molecular complexity index is 509. The minimum atomic E-state index is 0.618. The number of nitrogens with zero attached hydrogens (tertiary/aromatic N) is 2. The molecule has 4 nitrogen and oxygen atoms in total. The summed E-state index contributed by atoms with van der Waals surface area (Å²) in [4.78, 5) is 2.45. The fraction of sp³-hybridized carbons (Fsp3) is 0.412. The minimum Gasteiger partial charge on any atom is -0.369 e. The Morgan fingerprint density at radius 3 is 2.90 bits per heavy atom. The number of hydrogen-bond donors (Lipinski definition) is 2. The predicted molar refractivity (Wildman–Crippen MR) is 86.2 cm³/mol. The van der Waals surface area contributed by atoms with E-state index in [0.717, 1.165) is 26.1 Å². The van der Waals surface area contributed by atoms with Crippen molar-refractivity contribution < 1.29 is 0 Å². The molecule has 0 unspecified atom stereocenters. The van der Waals surface area contributed by atoms with Gasteiger partial charge in [0.15, 0.2) is 0 Å². The molecule has 0 aromatic heterocycles. The Hall–Kier alpha value is -1.94. The quantitative estimate of drug-likeness (QED) is 0.861. The molecule has 21 heavy (non-hydrogen) atoms. The molecule has 1 aromatic carbocycles. The molecule has 1 fully saturated rings. The third kappa shape index (κ3) is 3.58. The van der Waals surface area contributed by atoms with Crippen molar-refractivity contribution in [1.29, 1.82) is 0 Å². The summed E-state index contributed by atoms with van der Waals surface area (Å²) in [5, 5.41) is 5.54. The van der Waals surface area contributed by atoms with E-state index in [4.69, 9.17) is 0 Å². The van der Waals surface area contributed by atoms with Crippen molar-refractivity contribution in [3.05, 3.63) is 60.1 Å². The van der Waals surface area contributed by atoms with Gasteiger partial charge in [0, 0.05) is 38.1 Å². The lowest BCUT2D eigenvalue weighted by atomic mass is 10.1. The van der Waals surface area contributed by atoms with Crippen LogP contribution >= 0.6 is 0 Å². The monoisotopic (exact) mass is 284 g/mol. The number of likely N-dealkylation sites (N-methyl/N-ethyl adjacent to an activating group) is 1. The highest BCUT2D eigenvalue weighted by molar-refractivity contribution is 5.21. The van der Waals surface area contributed by atoms with Crippen molar-refractivity contribution in [3.63, 3.8) is 0 Å². The summed E-state index contributed by atoms with van der Waals surface area (Å²) in [5.74, 6) is 0. The van der Waals surface area contributed by atoms with Crippen LogP contribution in [0.2, 0.25) is 0 Å². The predicted octanol–water partition coefficient (Wildman–Crippen LogP) is 1.70. The van der Waals surface area contributed by atoms with Gasteiger partial charge in [-0.05, 0) is 31.5 Å². The molecule has 0 saturated carbocycles. The SMILES string of the molecule is CN[C@@H]1CCN(C2=CN(CCc3ccccc3)NC=C2)C1. The molecule has 1 atom stereocenters. The molecule has 0 aliphatic carbocycles. The van der Waals surface area contributed by atoms with E-state index in [9.17, 15) is 0 Å². The Balaban J connectivity index is 1.56. The highest BCUT2D eigenvalue weighted by Crippen LogP contribution is 2.18. The largest absolute Gasteiger partial charge is 0.369 e. The van der Waals surface area contributed by atoms with E-state index in [0.29, 0.717) is 6.04 Å². The van der Waals surface area contributed by atoms with Gasteiger partial charge >= 0.3 is 0 Å². The van der Waals surface area contributed by atoms with E-state index in [2.05, 4.69) is 63.3 Å². The Morgan fingerprint density at radius 1 is 1.29 bits per heavy atom. The van der Waals surface area contributed by atoms with Gasteiger partial charge in [-0.15, -0.1) is 0 Å². The van der Waals surface area contributed by atoms with Crippen molar-refractivity contribution in [3.8, 4) is 0 Å². The number of hydrogen-bond acceptors (Lipinski definition) is 4. The van der Waals surface area contributed by atoms with Crippen molar-refractivity contribution in [1.82, 2.24) is 20.7 Å². The van der Waals surface area contributed by atoms with Crippen LogP contribution in [0.25, 0.3) is 0 Å². The fourth-order valence-corrected chi connectivity index (χ4v) is 2.90. The zero-order valence-corrected chi connectivity index (χ0v) is 12.6. The molecule has 0 radical (unpaired) electrons. The molecule has 0 spiro atoms. The van der Waals surface area contributed by atoms with E-state index in [-0.39, 0.29) is 0 Å². The summed E-state index contributed by atoms with van der Waals surface area (Å²) in [7, 11) is 2.05. The van der Waals surface area contributed by atoms with Crippen LogP contribution in [0.3, 0.4) is 0 Å². The van der Waals surface area contributed by atoms with E-state index >= 15 is 0 Å². The molecular formula is C17H24N4. The van der Waals surface area contributed by atoms with Crippen LogP contribution in [0.1, 0.15) is 12.0 Å². The molecule has 2 aliphatic rings. The second-order valence-corrected chi connectivity index (χ2v) is 5.67. The van der Waals surface area contributed by atoms with E-state index < -0.39 is 0 Å². The Labute approximate surface area is 127 Å². The zero-order chi connectivity index (χ0) is 14.5. The van der Waals surface area contributed by atoms with E-state index in [1.807, 2.05) is 13.2 Å². The summed E-state index contributed by atoms with van der Waals surface area (Å²) in [6.45, 7) is 3.20. The van der Waals surface area contributed by atoms with Crippen molar-refractivity contribution in [2.75, 3.05) is 26.7 Å². The van der Waals surface area contributed by atoms with Crippen LogP contribution in [0.4, 0.5) is 0 Å². The van der Waals surface area contributed by atoms with Crippen LogP contribution in [-0.4, -0.2) is 42.6 Å². The first-order valence-electron chi connectivity index (χ1n) is 7.72. The molecule has 112 valence electrons. The fourth-order valence-electron chi connectivity index (χ4n) is 2.90. The van der Waals surface area contributed by atoms with E-state index in [1.165, 1.54) is 17.7 Å². The Kier molecular flexibility index (Phi) is 4.46. The average molecular weight is 284 g/mol. The van der Waals surface area contributed by atoms with Gasteiger partial charge in [-0.1, -0.05) is 30.3 Å². The van der Waals surface area contributed by atoms with Gasteiger partial charge in [-0.25, -0.2) is 0 Å².